The lowest BCUT2D eigenvalue weighted by Gasteiger charge is -2.12. The number of aromatic nitrogens is 2. The first-order valence-electron chi connectivity index (χ1n) is 10.5. The first-order chi connectivity index (χ1) is 16.3. The van der Waals surface area contributed by atoms with Crippen LogP contribution in [-0.4, -0.2) is 25.5 Å². The number of ether oxygens (including phenoxy) is 1. The van der Waals surface area contributed by atoms with Gasteiger partial charge in [0, 0.05) is 34.9 Å². The molecule has 0 bridgehead atoms. The number of hydrogen-bond donors (Lipinski definition) is 3. The standard InChI is InChI=1S/C25H25N5O3S/c1-17-7-9-20(10-8-17)28-25-26-18(2)15-24(29-25)27-19-11-13-21(14-12-19)30-34(31,32)23-6-4-5-22(16-23)33-3/h4-16,30H,1-3H3,(H2,26,27,28,29). The van der Waals surface area contributed by atoms with Crippen molar-refractivity contribution in [2.75, 3.05) is 22.5 Å². The molecule has 0 aliphatic heterocycles. The molecule has 8 nitrogen and oxygen atoms in total. The monoisotopic (exact) mass is 475 g/mol. The molecule has 0 aliphatic rings. The number of sulfonamides is 1. The summed E-state index contributed by atoms with van der Waals surface area (Å²) >= 11 is 0. The van der Waals surface area contributed by atoms with Gasteiger partial charge in [0.05, 0.1) is 12.0 Å². The molecule has 3 aromatic carbocycles. The highest BCUT2D eigenvalue weighted by Gasteiger charge is 2.15. The Kier molecular flexibility index (Phi) is 6.65. The van der Waals surface area contributed by atoms with Crippen molar-refractivity contribution in [3.8, 4) is 5.75 Å². The van der Waals surface area contributed by atoms with Crippen molar-refractivity contribution >= 4 is 38.9 Å². The molecule has 4 rings (SSSR count). The largest absolute Gasteiger partial charge is 0.497 e. The van der Waals surface area contributed by atoms with Crippen LogP contribution in [0.1, 0.15) is 11.3 Å². The maximum absolute atomic E-state index is 12.7. The fourth-order valence-electron chi connectivity index (χ4n) is 3.21. The van der Waals surface area contributed by atoms with Gasteiger partial charge in [-0.1, -0.05) is 23.8 Å². The summed E-state index contributed by atoms with van der Waals surface area (Å²) in [7, 11) is -2.25. The third-order valence-electron chi connectivity index (χ3n) is 4.92. The molecule has 0 spiro atoms. The van der Waals surface area contributed by atoms with Gasteiger partial charge in [0.25, 0.3) is 10.0 Å². The molecule has 0 amide bonds. The highest BCUT2D eigenvalue weighted by atomic mass is 32.2. The van der Waals surface area contributed by atoms with E-state index in [2.05, 4.69) is 25.3 Å². The van der Waals surface area contributed by atoms with E-state index in [9.17, 15) is 8.42 Å². The van der Waals surface area contributed by atoms with E-state index in [1.54, 1.807) is 36.4 Å². The SMILES string of the molecule is COc1cccc(S(=O)(=O)Nc2ccc(Nc3cc(C)nc(Nc4ccc(C)cc4)n3)cc2)c1. The predicted molar refractivity (Wildman–Crippen MR) is 135 cm³/mol. The first kappa shape index (κ1) is 23.1. The van der Waals surface area contributed by atoms with E-state index in [-0.39, 0.29) is 4.90 Å². The smallest absolute Gasteiger partial charge is 0.262 e. The Morgan fingerprint density at radius 2 is 1.41 bits per heavy atom. The number of aryl methyl sites for hydroxylation is 2. The van der Waals surface area contributed by atoms with Gasteiger partial charge in [-0.2, -0.15) is 4.98 Å². The molecule has 9 heteroatoms. The van der Waals surface area contributed by atoms with Gasteiger partial charge in [-0.25, -0.2) is 13.4 Å². The van der Waals surface area contributed by atoms with E-state index in [1.807, 2.05) is 44.2 Å². The molecule has 34 heavy (non-hydrogen) atoms. The minimum atomic E-state index is -3.74. The van der Waals surface area contributed by atoms with Crippen LogP contribution in [0, 0.1) is 13.8 Å². The molecule has 4 aromatic rings. The highest BCUT2D eigenvalue weighted by molar-refractivity contribution is 7.92. The van der Waals surface area contributed by atoms with Gasteiger partial charge in [-0.05, 0) is 62.4 Å². The number of benzene rings is 3. The summed E-state index contributed by atoms with van der Waals surface area (Å²) in [4.78, 5) is 9.09. The number of hydrogen-bond acceptors (Lipinski definition) is 7. The topological polar surface area (TPSA) is 105 Å². The van der Waals surface area contributed by atoms with Crippen molar-refractivity contribution in [3.05, 3.63) is 90.1 Å². The molecule has 3 N–H and O–H groups in total. The van der Waals surface area contributed by atoms with E-state index in [0.29, 0.717) is 23.2 Å². The van der Waals surface area contributed by atoms with Gasteiger partial charge in [0.2, 0.25) is 5.95 Å². The summed E-state index contributed by atoms with van der Waals surface area (Å²) in [5, 5.41) is 6.44. The lowest BCUT2D eigenvalue weighted by Crippen LogP contribution is -2.13. The van der Waals surface area contributed by atoms with Gasteiger partial charge >= 0.3 is 0 Å². The quantitative estimate of drug-likeness (QED) is 0.314. The number of methoxy groups -OCH3 is 1. The number of nitrogens with one attached hydrogen (secondary N) is 3. The Hall–Kier alpha value is -4.11. The molecule has 1 heterocycles. The van der Waals surface area contributed by atoms with E-state index >= 15 is 0 Å². The Labute approximate surface area is 199 Å². The summed E-state index contributed by atoms with van der Waals surface area (Å²) in [6.07, 6.45) is 0. The third-order valence-corrected chi connectivity index (χ3v) is 6.30. The summed E-state index contributed by atoms with van der Waals surface area (Å²) in [6, 6.07) is 23.0. The van der Waals surface area contributed by atoms with Crippen LogP contribution in [0.3, 0.4) is 0 Å². The van der Waals surface area contributed by atoms with Crippen LogP contribution in [0.25, 0.3) is 0 Å². The highest BCUT2D eigenvalue weighted by Crippen LogP contribution is 2.23. The van der Waals surface area contributed by atoms with Crippen molar-refractivity contribution in [1.29, 1.82) is 0 Å². The fraction of sp³-hybridized carbons (Fsp3) is 0.120. The predicted octanol–water partition coefficient (Wildman–Crippen LogP) is 5.39. The number of rotatable bonds is 8. The average molecular weight is 476 g/mol. The van der Waals surface area contributed by atoms with Crippen LogP contribution in [0.2, 0.25) is 0 Å². The molecule has 0 radical (unpaired) electrons. The molecule has 0 saturated heterocycles. The number of anilines is 5. The third kappa shape index (κ3) is 5.81. The summed E-state index contributed by atoms with van der Waals surface area (Å²) in [6.45, 7) is 3.92. The Bertz CT molecular complexity index is 1390. The van der Waals surface area contributed by atoms with E-state index in [1.165, 1.54) is 24.8 Å². The zero-order chi connectivity index (χ0) is 24.1. The van der Waals surface area contributed by atoms with Crippen LogP contribution in [0.4, 0.5) is 28.8 Å². The van der Waals surface area contributed by atoms with Gasteiger partial charge in [0.1, 0.15) is 11.6 Å². The zero-order valence-electron chi connectivity index (χ0n) is 19.0. The molecule has 0 atom stereocenters. The lowest BCUT2D eigenvalue weighted by atomic mass is 10.2. The van der Waals surface area contributed by atoms with Crippen LogP contribution in [-0.2, 0) is 10.0 Å². The Balaban J connectivity index is 1.46. The van der Waals surface area contributed by atoms with Crippen LogP contribution < -0.4 is 20.1 Å². The van der Waals surface area contributed by atoms with Gasteiger partial charge < -0.3 is 15.4 Å². The maximum atomic E-state index is 12.7. The van der Waals surface area contributed by atoms with Crippen LogP contribution >= 0.6 is 0 Å². The lowest BCUT2D eigenvalue weighted by molar-refractivity contribution is 0.413. The molecule has 0 aliphatic carbocycles. The van der Waals surface area contributed by atoms with Crippen molar-refractivity contribution in [2.45, 2.75) is 18.7 Å². The van der Waals surface area contributed by atoms with Gasteiger partial charge in [0.15, 0.2) is 0 Å². The van der Waals surface area contributed by atoms with Gasteiger partial charge in [-0.3, -0.25) is 4.72 Å². The van der Waals surface area contributed by atoms with Crippen molar-refractivity contribution in [2.24, 2.45) is 0 Å². The Morgan fingerprint density at radius 1 is 0.765 bits per heavy atom. The molecular weight excluding hydrogens is 450 g/mol. The molecule has 0 fully saturated rings. The maximum Gasteiger partial charge on any atom is 0.262 e. The second-order valence-corrected chi connectivity index (χ2v) is 9.38. The van der Waals surface area contributed by atoms with Crippen molar-refractivity contribution in [3.63, 3.8) is 0 Å². The average Bonchev–Trinajstić information content (AvgIpc) is 2.81. The van der Waals surface area contributed by atoms with Crippen LogP contribution in [0.15, 0.2) is 83.8 Å². The fourth-order valence-corrected chi connectivity index (χ4v) is 4.30. The second-order valence-electron chi connectivity index (χ2n) is 7.70. The first-order valence-corrected chi connectivity index (χ1v) is 12.0. The summed E-state index contributed by atoms with van der Waals surface area (Å²) < 4.78 is 33.1. The second kappa shape index (κ2) is 9.80. The van der Waals surface area contributed by atoms with E-state index in [0.717, 1.165) is 17.1 Å². The van der Waals surface area contributed by atoms with Crippen molar-refractivity contribution in [1.82, 2.24) is 9.97 Å². The minimum Gasteiger partial charge on any atom is -0.497 e. The minimum absolute atomic E-state index is 0.124. The summed E-state index contributed by atoms with van der Waals surface area (Å²) in [5.74, 6) is 1.57. The van der Waals surface area contributed by atoms with Crippen LogP contribution in [0.5, 0.6) is 5.75 Å². The van der Waals surface area contributed by atoms with E-state index < -0.39 is 10.0 Å². The normalized spacial score (nSPS) is 11.0. The van der Waals surface area contributed by atoms with Crippen molar-refractivity contribution < 1.29 is 13.2 Å². The summed E-state index contributed by atoms with van der Waals surface area (Å²) in [5.41, 5.74) is 4.06. The molecule has 174 valence electrons. The molecular formula is C25H25N5O3S. The molecule has 0 saturated carbocycles. The van der Waals surface area contributed by atoms with E-state index in [4.69, 9.17) is 4.74 Å². The zero-order valence-corrected chi connectivity index (χ0v) is 19.8. The van der Waals surface area contributed by atoms with Gasteiger partial charge in [-0.15, -0.1) is 0 Å². The number of nitrogens with zero attached hydrogens (tertiary/aromatic N) is 2. The molecule has 1 aromatic heterocycles. The Morgan fingerprint density at radius 3 is 2.12 bits per heavy atom. The molecule has 0 unspecified atom stereocenters.